The summed E-state index contributed by atoms with van der Waals surface area (Å²) < 4.78 is 0. The minimum atomic E-state index is -0.0154. The van der Waals surface area contributed by atoms with E-state index < -0.39 is 0 Å². The maximum absolute atomic E-state index is 12.1. The number of fused-ring (bicyclic) bond motifs is 1. The Labute approximate surface area is 126 Å². The van der Waals surface area contributed by atoms with Crippen LogP contribution < -0.4 is 16.0 Å². The highest BCUT2D eigenvalue weighted by atomic mass is 16.2. The Balaban J connectivity index is 1.30. The largest absolute Gasteiger partial charge is 0.355 e. The van der Waals surface area contributed by atoms with Crippen LogP contribution in [0.25, 0.3) is 0 Å². The van der Waals surface area contributed by atoms with E-state index >= 15 is 0 Å². The van der Waals surface area contributed by atoms with Gasteiger partial charge in [0.05, 0.1) is 6.04 Å². The maximum Gasteiger partial charge on any atom is 0.237 e. The summed E-state index contributed by atoms with van der Waals surface area (Å²) in [5, 5.41) is 9.43. The third-order valence-electron chi connectivity index (χ3n) is 5.00. The lowest BCUT2D eigenvalue weighted by molar-refractivity contribution is -0.124. The molecular weight excluding hydrogens is 266 g/mol. The topological polar surface area (TPSA) is 70.2 Å². The van der Waals surface area contributed by atoms with Gasteiger partial charge >= 0.3 is 0 Å². The van der Waals surface area contributed by atoms with E-state index in [9.17, 15) is 9.59 Å². The SMILES string of the molecule is O=C(CCCNC(=O)C1CC2CCCCC2N1)NC1CC1. The summed E-state index contributed by atoms with van der Waals surface area (Å²) in [5.41, 5.74) is 0. The second kappa shape index (κ2) is 6.77. The van der Waals surface area contributed by atoms with Gasteiger partial charge in [0.25, 0.3) is 0 Å². The van der Waals surface area contributed by atoms with E-state index in [4.69, 9.17) is 0 Å². The highest BCUT2D eigenvalue weighted by Gasteiger charge is 2.37. The molecule has 2 saturated carbocycles. The Kier molecular flexibility index (Phi) is 4.78. The molecule has 0 aromatic rings. The third kappa shape index (κ3) is 4.19. The smallest absolute Gasteiger partial charge is 0.237 e. The van der Waals surface area contributed by atoms with Crippen LogP contribution in [0.15, 0.2) is 0 Å². The third-order valence-corrected chi connectivity index (χ3v) is 5.00. The molecule has 3 atom stereocenters. The molecule has 3 fully saturated rings. The normalized spacial score (nSPS) is 31.5. The average molecular weight is 293 g/mol. The predicted molar refractivity (Wildman–Crippen MR) is 80.7 cm³/mol. The van der Waals surface area contributed by atoms with Gasteiger partial charge < -0.3 is 16.0 Å². The van der Waals surface area contributed by atoms with Crippen LogP contribution in [0.3, 0.4) is 0 Å². The van der Waals surface area contributed by atoms with Crippen LogP contribution in [0, 0.1) is 5.92 Å². The molecule has 1 aliphatic heterocycles. The van der Waals surface area contributed by atoms with Gasteiger partial charge in [-0.05, 0) is 44.4 Å². The summed E-state index contributed by atoms with van der Waals surface area (Å²) in [6.07, 6.45) is 9.56. The van der Waals surface area contributed by atoms with Crippen LogP contribution in [-0.2, 0) is 9.59 Å². The molecule has 0 aromatic heterocycles. The molecule has 2 aliphatic carbocycles. The molecule has 0 radical (unpaired) electrons. The van der Waals surface area contributed by atoms with Crippen molar-refractivity contribution >= 4 is 11.8 Å². The molecule has 1 heterocycles. The average Bonchev–Trinajstić information content (AvgIpc) is 3.18. The van der Waals surface area contributed by atoms with Crippen LogP contribution in [-0.4, -0.2) is 36.5 Å². The zero-order valence-electron chi connectivity index (χ0n) is 12.7. The fourth-order valence-corrected chi connectivity index (χ4v) is 3.63. The summed E-state index contributed by atoms with van der Waals surface area (Å²) in [6.45, 7) is 0.602. The molecule has 3 rings (SSSR count). The van der Waals surface area contributed by atoms with Gasteiger partial charge in [-0.25, -0.2) is 0 Å². The molecule has 5 heteroatoms. The number of carbonyl (C=O) groups excluding carboxylic acids is 2. The molecule has 3 unspecified atom stereocenters. The summed E-state index contributed by atoms with van der Waals surface area (Å²) in [6, 6.07) is 0.968. The van der Waals surface area contributed by atoms with Crippen molar-refractivity contribution in [1.29, 1.82) is 0 Å². The molecule has 3 N–H and O–H groups in total. The highest BCUT2D eigenvalue weighted by molar-refractivity contribution is 5.82. The van der Waals surface area contributed by atoms with Gasteiger partial charge in [0, 0.05) is 25.0 Å². The number of carbonyl (C=O) groups is 2. The predicted octanol–water partition coefficient (Wildman–Crippen LogP) is 1.08. The molecule has 0 aromatic carbocycles. The number of rotatable bonds is 6. The van der Waals surface area contributed by atoms with Gasteiger partial charge in [-0.2, -0.15) is 0 Å². The van der Waals surface area contributed by atoms with Gasteiger partial charge in [0.1, 0.15) is 0 Å². The molecule has 1 saturated heterocycles. The van der Waals surface area contributed by atoms with E-state index in [1.54, 1.807) is 0 Å². The van der Waals surface area contributed by atoms with Crippen molar-refractivity contribution in [2.24, 2.45) is 5.92 Å². The summed E-state index contributed by atoms with van der Waals surface area (Å²) in [4.78, 5) is 23.7. The Hall–Kier alpha value is -1.10. The van der Waals surface area contributed by atoms with Gasteiger partial charge in [0.2, 0.25) is 11.8 Å². The van der Waals surface area contributed by atoms with Gasteiger partial charge in [-0.1, -0.05) is 12.8 Å². The van der Waals surface area contributed by atoms with Crippen molar-refractivity contribution in [3.63, 3.8) is 0 Å². The number of hydrogen-bond acceptors (Lipinski definition) is 3. The monoisotopic (exact) mass is 293 g/mol. The summed E-state index contributed by atoms with van der Waals surface area (Å²) in [7, 11) is 0. The molecule has 0 bridgehead atoms. The molecule has 3 aliphatic rings. The molecule has 2 amide bonds. The first-order valence-electron chi connectivity index (χ1n) is 8.55. The van der Waals surface area contributed by atoms with Crippen LogP contribution in [0.4, 0.5) is 0 Å². The lowest BCUT2D eigenvalue weighted by Gasteiger charge is -2.24. The van der Waals surface area contributed by atoms with E-state index in [1.807, 2.05) is 0 Å². The van der Waals surface area contributed by atoms with E-state index in [2.05, 4.69) is 16.0 Å². The summed E-state index contributed by atoms with van der Waals surface area (Å²) in [5.74, 6) is 0.933. The van der Waals surface area contributed by atoms with E-state index in [0.717, 1.165) is 25.7 Å². The first-order chi connectivity index (χ1) is 10.2. The minimum Gasteiger partial charge on any atom is -0.355 e. The Morgan fingerprint density at radius 3 is 2.67 bits per heavy atom. The van der Waals surface area contributed by atoms with Gasteiger partial charge in [-0.3, -0.25) is 9.59 Å². The van der Waals surface area contributed by atoms with Crippen molar-refractivity contribution in [1.82, 2.24) is 16.0 Å². The van der Waals surface area contributed by atoms with Crippen LogP contribution in [0.2, 0.25) is 0 Å². The van der Waals surface area contributed by atoms with Crippen molar-refractivity contribution in [2.75, 3.05) is 6.54 Å². The van der Waals surface area contributed by atoms with Crippen molar-refractivity contribution in [2.45, 2.75) is 75.9 Å². The first-order valence-corrected chi connectivity index (χ1v) is 8.55. The summed E-state index contributed by atoms with van der Waals surface area (Å²) >= 11 is 0. The minimum absolute atomic E-state index is 0.0154. The van der Waals surface area contributed by atoms with Crippen LogP contribution in [0.1, 0.15) is 57.8 Å². The lowest BCUT2D eigenvalue weighted by atomic mass is 9.85. The second-order valence-corrected chi connectivity index (χ2v) is 6.84. The molecule has 0 spiro atoms. The fraction of sp³-hybridized carbons (Fsp3) is 0.875. The van der Waals surface area contributed by atoms with Gasteiger partial charge in [0.15, 0.2) is 0 Å². The van der Waals surface area contributed by atoms with E-state index in [0.29, 0.717) is 31.0 Å². The molecule has 5 nitrogen and oxygen atoms in total. The Morgan fingerprint density at radius 2 is 1.90 bits per heavy atom. The number of amides is 2. The molecule has 118 valence electrons. The quantitative estimate of drug-likeness (QED) is 0.642. The fourth-order valence-electron chi connectivity index (χ4n) is 3.63. The number of hydrogen-bond donors (Lipinski definition) is 3. The van der Waals surface area contributed by atoms with E-state index in [-0.39, 0.29) is 17.9 Å². The first kappa shape index (κ1) is 14.8. The number of nitrogens with one attached hydrogen (secondary N) is 3. The Morgan fingerprint density at radius 1 is 1.10 bits per heavy atom. The zero-order chi connectivity index (χ0) is 14.7. The van der Waals surface area contributed by atoms with Crippen LogP contribution in [0.5, 0.6) is 0 Å². The van der Waals surface area contributed by atoms with Crippen molar-refractivity contribution < 1.29 is 9.59 Å². The lowest BCUT2D eigenvalue weighted by Crippen LogP contribution is -2.43. The highest BCUT2D eigenvalue weighted by Crippen LogP contribution is 2.33. The molecular formula is C16H27N3O2. The standard InChI is InChI=1S/C16H27N3O2/c20-15(18-12-7-8-12)6-3-9-17-16(21)14-10-11-4-1-2-5-13(11)19-14/h11-14,19H,1-10H2,(H,17,21)(H,18,20). The van der Waals surface area contributed by atoms with Gasteiger partial charge in [-0.15, -0.1) is 0 Å². The maximum atomic E-state index is 12.1. The van der Waals surface area contributed by atoms with Crippen molar-refractivity contribution in [3.05, 3.63) is 0 Å². The molecule has 21 heavy (non-hydrogen) atoms. The van der Waals surface area contributed by atoms with Crippen LogP contribution >= 0.6 is 0 Å². The van der Waals surface area contributed by atoms with Crippen molar-refractivity contribution in [3.8, 4) is 0 Å². The van der Waals surface area contributed by atoms with E-state index in [1.165, 1.54) is 25.7 Å². The Bertz CT molecular complexity index is 381. The zero-order valence-corrected chi connectivity index (χ0v) is 12.7. The second-order valence-electron chi connectivity index (χ2n) is 6.84.